The molecule has 2 unspecified atom stereocenters. The minimum atomic E-state index is 0.366. The van der Waals surface area contributed by atoms with E-state index in [-0.39, 0.29) is 0 Å². The number of nitrogens with one attached hydrogen (secondary N) is 1. The van der Waals surface area contributed by atoms with Gasteiger partial charge in [-0.05, 0) is 61.1 Å². The molecule has 3 rings (SSSR count). The fraction of sp³-hybridized carbons (Fsp3) is 0.647. The van der Waals surface area contributed by atoms with Crippen LogP contribution in [0.25, 0.3) is 0 Å². The minimum absolute atomic E-state index is 0.366. The van der Waals surface area contributed by atoms with Crippen molar-refractivity contribution in [3.8, 4) is 0 Å². The highest BCUT2D eigenvalue weighted by Crippen LogP contribution is 2.41. The first-order chi connectivity index (χ1) is 9.38. The van der Waals surface area contributed by atoms with Crippen LogP contribution in [0.1, 0.15) is 49.1 Å². The fourth-order valence-electron chi connectivity index (χ4n) is 3.50. The molecule has 0 bridgehead atoms. The summed E-state index contributed by atoms with van der Waals surface area (Å²) in [6.45, 7) is 2.41. The van der Waals surface area contributed by atoms with Crippen molar-refractivity contribution in [3.63, 3.8) is 0 Å². The maximum absolute atomic E-state index is 9.35. The summed E-state index contributed by atoms with van der Waals surface area (Å²) in [4.78, 5) is 0. The first kappa shape index (κ1) is 13.1. The third-order valence-corrected chi connectivity index (χ3v) is 4.85. The van der Waals surface area contributed by atoms with Crippen LogP contribution in [-0.4, -0.2) is 18.3 Å². The lowest BCUT2D eigenvalue weighted by Gasteiger charge is -2.18. The van der Waals surface area contributed by atoms with Crippen LogP contribution < -0.4 is 5.32 Å². The largest absolute Gasteiger partial charge is 0.396 e. The maximum atomic E-state index is 9.35. The summed E-state index contributed by atoms with van der Waals surface area (Å²) in [5.41, 5.74) is 3.03. The van der Waals surface area contributed by atoms with E-state index in [9.17, 15) is 5.11 Å². The van der Waals surface area contributed by atoms with Crippen LogP contribution in [0.3, 0.4) is 0 Å². The number of hydrogen-bond acceptors (Lipinski definition) is 2. The molecule has 0 heterocycles. The van der Waals surface area contributed by atoms with Gasteiger partial charge in [-0.25, -0.2) is 0 Å². The second kappa shape index (κ2) is 6.06. The highest BCUT2D eigenvalue weighted by Gasteiger charge is 2.27. The third kappa shape index (κ3) is 3.18. The van der Waals surface area contributed by atoms with Gasteiger partial charge in [0.1, 0.15) is 0 Å². The lowest BCUT2D eigenvalue weighted by molar-refractivity contribution is 0.192. The molecule has 0 aliphatic heterocycles. The van der Waals surface area contributed by atoms with E-state index in [4.69, 9.17) is 0 Å². The SMILES string of the molecule is OCC1CCCC1CNCc1ccccc1C1CC1. The summed E-state index contributed by atoms with van der Waals surface area (Å²) in [5, 5.41) is 13.0. The number of benzene rings is 1. The quantitative estimate of drug-likeness (QED) is 0.823. The average molecular weight is 259 g/mol. The van der Waals surface area contributed by atoms with E-state index in [1.165, 1.54) is 37.7 Å². The molecule has 2 aliphatic carbocycles. The number of rotatable bonds is 6. The summed E-state index contributed by atoms with van der Waals surface area (Å²) in [6.07, 6.45) is 6.51. The van der Waals surface area contributed by atoms with Crippen molar-refractivity contribution in [2.45, 2.75) is 44.6 Å². The van der Waals surface area contributed by atoms with Gasteiger partial charge >= 0.3 is 0 Å². The molecule has 0 saturated heterocycles. The molecule has 2 fully saturated rings. The van der Waals surface area contributed by atoms with E-state index in [2.05, 4.69) is 29.6 Å². The molecule has 2 N–H and O–H groups in total. The van der Waals surface area contributed by atoms with Crippen molar-refractivity contribution in [2.75, 3.05) is 13.2 Å². The van der Waals surface area contributed by atoms with Gasteiger partial charge < -0.3 is 10.4 Å². The van der Waals surface area contributed by atoms with Crippen molar-refractivity contribution >= 4 is 0 Å². The number of aliphatic hydroxyl groups is 1. The first-order valence-corrected chi connectivity index (χ1v) is 7.78. The van der Waals surface area contributed by atoms with Crippen LogP contribution >= 0.6 is 0 Å². The van der Waals surface area contributed by atoms with Crippen LogP contribution in [0, 0.1) is 11.8 Å². The molecule has 2 nitrogen and oxygen atoms in total. The average Bonchev–Trinajstić information content (AvgIpc) is 3.19. The predicted octanol–water partition coefficient (Wildman–Crippen LogP) is 3.06. The van der Waals surface area contributed by atoms with Crippen molar-refractivity contribution in [3.05, 3.63) is 35.4 Å². The smallest absolute Gasteiger partial charge is 0.0462 e. The standard InChI is InChI=1S/C17H25NO/c19-12-16-6-3-5-14(16)10-18-11-15-4-1-2-7-17(15)13-8-9-13/h1-2,4,7,13-14,16,18-19H,3,5-6,8-12H2. The van der Waals surface area contributed by atoms with Crippen LogP contribution in [0.15, 0.2) is 24.3 Å². The van der Waals surface area contributed by atoms with E-state index in [1.54, 1.807) is 5.56 Å². The van der Waals surface area contributed by atoms with Gasteiger partial charge in [0.2, 0.25) is 0 Å². The van der Waals surface area contributed by atoms with Gasteiger partial charge in [0, 0.05) is 13.2 Å². The lowest BCUT2D eigenvalue weighted by atomic mass is 9.96. The Bertz CT molecular complexity index is 413. The normalized spacial score (nSPS) is 26.8. The Morgan fingerprint density at radius 2 is 1.84 bits per heavy atom. The van der Waals surface area contributed by atoms with Gasteiger partial charge in [0.05, 0.1) is 0 Å². The Morgan fingerprint density at radius 1 is 1.05 bits per heavy atom. The predicted molar refractivity (Wildman–Crippen MR) is 78.0 cm³/mol. The Hall–Kier alpha value is -0.860. The molecule has 0 spiro atoms. The van der Waals surface area contributed by atoms with Crippen molar-refractivity contribution in [1.29, 1.82) is 0 Å². The van der Waals surface area contributed by atoms with Crippen LogP contribution in [-0.2, 0) is 6.54 Å². The third-order valence-electron chi connectivity index (χ3n) is 4.85. The molecule has 0 aromatic heterocycles. The van der Waals surface area contributed by atoms with Crippen molar-refractivity contribution in [1.82, 2.24) is 5.32 Å². The molecule has 1 aromatic carbocycles. The zero-order valence-corrected chi connectivity index (χ0v) is 11.6. The molecular formula is C17H25NO. The summed E-state index contributed by atoms with van der Waals surface area (Å²) < 4.78 is 0. The van der Waals surface area contributed by atoms with E-state index in [1.807, 2.05) is 0 Å². The molecule has 19 heavy (non-hydrogen) atoms. The topological polar surface area (TPSA) is 32.3 Å². The number of hydrogen-bond donors (Lipinski definition) is 2. The van der Waals surface area contributed by atoms with E-state index in [0.29, 0.717) is 18.4 Å². The first-order valence-electron chi connectivity index (χ1n) is 7.78. The van der Waals surface area contributed by atoms with Gasteiger partial charge in [-0.1, -0.05) is 30.7 Å². The van der Waals surface area contributed by atoms with E-state index < -0.39 is 0 Å². The zero-order valence-electron chi connectivity index (χ0n) is 11.6. The maximum Gasteiger partial charge on any atom is 0.0462 e. The molecule has 0 amide bonds. The van der Waals surface area contributed by atoms with Gasteiger partial charge in [-0.15, -0.1) is 0 Å². The second-order valence-corrected chi connectivity index (χ2v) is 6.24. The van der Waals surface area contributed by atoms with Crippen LogP contribution in [0.2, 0.25) is 0 Å². The summed E-state index contributed by atoms with van der Waals surface area (Å²) in [5.74, 6) is 2.04. The van der Waals surface area contributed by atoms with Crippen LogP contribution in [0.4, 0.5) is 0 Å². The molecule has 0 radical (unpaired) electrons. The Balaban J connectivity index is 1.52. The van der Waals surface area contributed by atoms with Gasteiger partial charge in [0.25, 0.3) is 0 Å². The molecule has 2 atom stereocenters. The minimum Gasteiger partial charge on any atom is -0.396 e. The van der Waals surface area contributed by atoms with E-state index >= 15 is 0 Å². The van der Waals surface area contributed by atoms with Gasteiger partial charge in [-0.3, -0.25) is 0 Å². The Labute approximate surface area is 116 Å². The van der Waals surface area contributed by atoms with Gasteiger partial charge in [-0.2, -0.15) is 0 Å². The molecule has 2 saturated carbocycles. The van der Waals surface area contributed by atoms with E-state index in [0.717, 1.165) is 19.0 Å². The zero-order chi connectivity index (χ0) is 13.1. The highest BCUT2D eigenvalue weighted by molar-refractivity contribution is 5.33. The summed E-state index contributed by atoms with van der Waals surface area (Å²) in [6, 6.07) is 8.87. The van der Waals surface area contributed by atoms with Crippen molar-refractivity contribution < 1.29 is 5.11 Å². The summed E-state index contributed by atoms with van der Waals surface area (Å²) >= 11 is 0. The number of aliphatic hydroxyl groups excluding tert-OH is 1. The second-order valence-electron chi connectivity index (χ2n) is 6.24. The fourth-order valence-corrected chi connectivity index (χ4v) is 3.50. The monoisotopic (exact) mass is 259 g/mol. The lowest BCUT2D eigenvalue weighted by Crippen LogP contribution is -2.26. The molecule has 104 valence electrons. The van der Waals surface area contributed by atoms with Crippen molar-refractivity contribution in [2.24, 2.45) is 11.8 Å². The molecule has 1 aromatic rings. The van der Waals surface area contributed by atoms with Crippen LogP contribution in [0.5, 0.6) is 0 Å². The van der Waals surface area contributed by atoms with Gasteiger partial charge in [0.15, 0.2) is 0 Å². The molecular weight excluding hydrogens is 234 g/mol. The molecule has 2 heteroatoms. The Kier molecular flexibility index (Phi) is 4.19. The molecule has 2 aliphatic rings. The Morgan fingerprint density at radius 3 is 2.63 bits per heavy atom. The summed E-state index contributed by atoms with van der Waals surface area (Å²) in [7, 11) is 0. The highest BCUT2D eigenvalue weighted by atomic mass is 16.3.